The summed E-state index contributed by atoms with van der Waals surface area (Å²) in [4.78, 5) is 24.1. The Bertz CT molecular complexity index is 706. The molecular formula is C19H22N2O2. The van der Waals surface area contributed by atoms with E-state index in [1.54, 1.807) is 12.1 Å². The lowest BCUT2D eigenvalue weighted by atomic mass is 10.1. The van der Waals surface area contributed by atoms with E-state index in [9.17, 15) is 9.59 Å². The van der Waals surface area contributed by atoms with E-state index in [1.807, 2.05) is 51.1 Å². The summed E-state index contributed by atoms with van der Waals surface area (Å²) in [6.45, 7) is 5.91. The summed E-state index contributed by atoms with van der Waals surface area (Å²) < 4.78 is 0. The first-order valence-electron chi connectivity index (χ1n) is 7.74. The highest BCUT2D eigenvalue weighted by Crippen LogP contribution is 2.20. The summed E-state index contributed by atoms with van der Waals surface area (Å²) in [5, 5.41) is 5.54. The maximum atomic E-state index is 12.1. The van der Waals surface area contributed by atoms with Gasteiger partial charge in [0, 0.05) is 11.3 Å². The molecule has 0 saturated carbocycles. The van der Waals surface area contributed by atoms with Crippen LogP contribution in [0.3, 0.4) is 0 Å². The number of amides is 2. The zero-order valence-corrected chi connectivity index (χ0v) is 13.8. The second-order valence-corrected chi connectivity index (χ2v) is 5.56. The van der Waals surface area contributed by atoms with Crippen molar-refractivity contribution in [1.29, 1.82) is 0 Å². The lowest BCUT2D eigenvalue weighted by Gasteiger charge is -2.13. The van der Waals surface area contributed by atoms with Gasteiger partial charge in [0.1, 0.15) is 0 Å². The van der Waals surface area contributed by atoms with Crippen LogP contribution in [0, 0.1) is 13.8 Å². The number of benzene rings is 2. The number of carbonyl (C=O) groups is 2. The van der Waals surface area contributed by atoms with Crippen molar-refractivity contribution in [3.05, 3.63) is 64.7 Å². The molecule has 0 aliphatic rings. The van der Waals surface area contributed by atoms with E-state index in [-0.39, 0.29) is 18.4 Å². The molecule has 120 valence electrons. The van der Waals surface area contributed by atoms with Gasteiger partial charge in [0.05, 0.1) is 6.54 Å². The normalized spacial score (nSPS) is 10.2. The first-order chi connectivity index (χ1) is 11.0. The molecule has 0 atom stereocenters. The van der Waals surface area contributed by atoms with Crippen LogP contribution in [0.1, 0.15) is 34.0 Å². The van der Waals surface area contributed by atoms with Gasteiger partial charge in [0.15, 0.2) is 0 Å². The molecule has 4 heteroatoms. The fraction of sp³-hybridized carbons (Fsp3) is 0.263. The molecule has 0 saturated heterocycles. The van der Waals surface area contributed by atoms with Gasteiger partial charge in [-0.3, -0.25) is 9.59 Å². The lowest BCUT2D eigenvalue weighted by Crippen LogP contribution is -2.33. The third kappa shape index (κ3) is 4.42. The van der Waals surface area contributed by atoms with Crippen molar-refractivity contribution in [2.24, 2.45) is 0 Å². The standard InChI is InChI=1S/C19H22N2O2/c1-4-15-7-5-6-14(3)18(15)21-17(22)12-20-19(23)16-10-8-13(2)9-11-16/h5-11H,4,12H2,1-3H3,(H,20,23)(H,21,22). The van der Waals surface area contributed by atoms with E-state index >= 15 is 0 Å². The van der Waals surface area contributed by atoms with Gasteiger partial charge in [-0.25, -0.2) is 0 Å². The fourth-order valence-electron chi connectivity index (χ4n) is 2.35. The molecule has 2 aromatic carbocycles. The van der Waals surface area contributed by atoms with Crippen molar-refractivity contribution >= 4 is 17.5 Å². The van der Waals surface area contributed by atoms with Gasteiger partial charge in [-0.05, 0) is 43.5 Å². The van der Waals surface area contributed by atoms with Crippen LogP contribution >= 0.6 is 0 Å². The molecule has 2 N–H and O–H groups in total. The van der Waals surface area contributed by atoms with E-state index in [0.717, 1.165) is 28.8 Å². The van der Waals surface area contributed by atoms with Gasteiger partial charge in [0.25, 0.3) is 5.91 Å². The summed E-state index contributed by atoms with van der Waals surface area (Å²) >= 11 is 0. The Morgan fingerprint density at radius 3 is 2.35 bits per heavy atom. The van der Waals surface area contributed by atoms with Crippen molar-refractivity contribution in [2.75, 3.05) is 11.9 Å². The Kier molecular flexibility index (Phi) is 5.52. The molecule has 4 nitrogen and oxygen atoms in total. The minimum Gasteiger partial charge on any atom is -0.343 e. The van der Waals surface area contributed by atoms with Crippen LogP contribution in [0.25, 0.3) is 0 Å². The highest BCUT2D eigenvalue weighted by atomic mass is 16.2. The Morgan fingerprint density at radius 2 is 1.70 bits per heavy atom. The van der Waals surface area contributed by atoms with E-state index < -0.39 is 0 Å². The van der Waals surface area contributed by atoms with Crippen LogP contribution in [-0.4, -0.2) is 18.4 Å². The Labute approximate surface area is 136 Å². The molecule has 0 spiro atoms. The van der Waals surface area contributed by atoms with Crippen molar-refractivity contribution in [3.8, 4) is 0 Å². The van der Waals surface area contributed by atoms with E-state index in [1.165, 1.54) is 0 Å². The van der Waals surface area contributed by atoms with Gasteiger partial charge in [-0.1, -0.05) is 42.8 Å². The molecule has 2 aromatic rings. The third-order valence-electron chi connectivity index (χ3n) is 3.73. The van der Waals surface area contributed by atoms with Gasteiger partial charge < -0.3 is 10.6 Å². The molecule has 0 aromatic heterocycles. The average molecular weight is 310 g/mol. The molecule has 23 heavy (non-hydrogen) atoms. The minimum absolute atomic E-state index is 0.0514. The number of aryl methyl sites for hydroxylation is 3. The van der Waals surface area contributed by atoms with Gasteiger partial charge in [0.2, 0.25) is 5.91 Å². The Morgan fingerprint density at radius 1 is 1.00 bits per heavy atom. The maximum Gasteiger partial charge on any atom is 0.251 e. The molecule has 0 fully saturated rings. The largest absolute Gasteiger partial charge is 0.343 e. The predicted octanol–water partition coefficient (Wildman–Crippen LogP) is 3.23. The molecule has 2 amide bonds. The zero-order chi connectivity index (χ0) is 16.8. The van der Waals surface area contributed by atoms with Gasteiger partial charge in [-0.15, -0.1) is 0 Å². The number of carbonyl (C=O) groups excluding carboxylic acids is 2. The number of para-hydroxylation sites is 1. The molecule has 0 bridgehead atoms. The Balaban J connectivity index is 1.95. The van der Waals surface area contributed by atoms with Crippen LogP contribution in [-0.2, 0) is 11.2 Å². The molecule has 0 radical (unpaired) electrons. The van der Waals surface area contributed by atoms with Crippen LogP contribution < -0.4 is 10.6 Å². The molecule has 0 aliphatic carbocycles. The summed E-state index contributed by atoms with van der Waals surface area (Å²) in [7, 11) is 0. The SMILES string of the molecule is CCc1cccc(C)c1NC(=O)CNC(=O)c1ccc(C)cc1. The van der Waals surface area contributed by atoms with Crippen LogP contribution in [0.15, 0.2) is 42.5 Å². The first-order valence-corrected chi connectivity index (χ1v) is 7.74. The van der Waals surface area contributed by atoms with Crippen LogP contribution in [0.2, 0.25) is 0 Å². The monoisotopic (exact) mass is 310 g/mol. The summed E-state index contributed by atoms with van der Waals surface area (Å²) in [6, 6.07) is 13.2. The zero-order valence-electron chi connectivity index (χ0n) is 13.8. The maximum absolute atomic E-state index is 12.1. The van der Waals surface area contributed by atoms with E-state index in [2.05, 4.69) is 10.6 Å². The summed E-state index contributed by atoms with van der Waals surface area (Å²) in [6.07, 6.45) is 0.840. The number of nitrogens with one attached hydrogen (secondary N) is 2. The topological polar surface area (TPSA) is 58.2 Å². The van der Waals surface area contributed by atoms with Crippen molar-refractivity contribution < 1.29 is 9.59 Å². The van der Waals surface area contributed by atoms with E-state index in [0.29, 0.717) is 5.56 Å². The smallest absolute Gasteiger partial charge is 0.251 e. The number of anilines is 1. The number of hydrogen-bond donors (Lipinski definition) is 2. The molecule has 2 rings (SSSR count). The van der Waals surface area contributed by atoms with Crippen LogP contribution in [0.5, 0.6) is 0 Å². The quantitative estimate of drug-likeness (QED) is 0.891. The highest BCUT2D eigenvalue weighted by Gasteiger charge is 2.11. The van der Waals surface area contributed by atoms with Gasteiger partial charge in [-0.2, -0.15) is 0 Å². The number of hydrogen-bond acceptors (Lipinski definition) is 2. The van der Waals surface area contributed by atoms with Crippen LogP contribution in [0.4, 0.5) is 5.69 Å². The van der Waals surface area contributed by atoms with Gasteiger partial charge >= 0.3 is 0 Å². The predicted molar refractivity (Wildman–Crippen MR) is 92.7 cm³/mol. The van der Waals surface area contributed by atoms with E-state index in [4.69, 9.17) is 0 Å². The highest BCUT2D eigenvalue weighted by molar-refractivity contribution is 5.99. The fourth-order valence-corrected chi connectivity index (χ4v) is 2.35. The number of rotatable bonds is 5. The summed E-state index contributed by atoms with van der Waals surface area (Å²) in [5.41, 5.74) is 4.58. The molecular weight excluding hydrogens is 288 g/mol. The minimum atomic E-state index is -0.249. The second-order valence-electron chi connectivity index (χ2n) is 5.56. The average Bonchev–Trinajstić information content (AvgIpc) is 2.55. The summed E-state index contributed by atoms with van der Waals surface area (Å²) in [5.74, 6) is -0.477. The molecule has 0 heterocycles. The van der Waals surface area contributed by atoms with Crippen molar-refractivity contribution in [3.63, 3.8) is 0 Å². The second kappa shape index (κ2) is 7.58. The van der Waals surface area contributed by atoms with Crippen molar-refractivity contribution in [2.45, 2.75) is 27.2 Å². The Hall–Kier alpha value is -2.62. The lowest BCUT2D eigenvalue weighted by molar-refractivity contribution is -0.115. The van der Waals surface area contributed by atoms with Crippen molar-refractivity contribution in [1.82, 2.24) is 5.32 Å². The third-order valence-corrected chi connectivity index (χ3v) is 3.73. The molecule has 0 aliphatic heterocycles. The molecule has 0 unspecified atom stereocenters. The first kappa shape index (κ1) is 16.7.